The van der Waals surface area contributed by atoms with Gasteiger partial charge in [-0.25, -0.2) is 4.79 Å². The minimum absolute atomic E-state index is 0.0883. The lowest BCUT2D eigenvalue weighted by atomic mass is 9.96. The van der Waals surface area contributed by atoms with E-state index in [1.54, 1.807) is 0 Å². The van der Waals surface area contributed by atoms with Crippen LogP contribution in [0.3, 0.4) is 0 Å². The number of aromatic nitrogens is 2. The average molecular weight is 352 g/mol. The van der Waals surface area contributed by atoms with Gasteiger partial charge in [0.1, 0.15) is 12.0 Å². The molecule has 1 aliphatic rings. The topological polar surface area (TPSA) is 128 Å². The molecule has 2 heterocycles. The Kier molecular flexibility index (Phi) is 4.99. The normalized spacial score (nSPS) is 27.0. The summed E-state index contributed by atoms with van der Waals surface area (Å²) in [4.78, 5) is 34.0. The number of hydrogen-bond acceptors (Lipinski definition) is 5. The predicted molar refractivity (Wildman–Crippen MR) is 81.8 cm³/mol. The Bertz CT molecular complexity index is 648. The van der Waals surface area contributed by atoms with Crippen LogP contribution in [0.15, 0.2) is 17.1 Å². The zero-order chi connectivity index (χ0) is 16.5. The molecule has 22 heavy (non-hydrogen) atoms. The zero-order valence-corrected chi connectivity index (χ0v) is 13.7. The average Bonchev–Trinajstić information content (AvgIpc) is 2.82. The van der Waals surface area contributed by atoms with Crippen molar-refractivity contribution in [1.82, 2.24) is 9.55 Å². The summed E-state index contributed by atoms with van der Waals surface area (Å²) >= 11 is 5.98. The number of hydrogen-bond donors (Lipinski definition) is 3. The highest BCUT2D eigenvalue weighted by Crippen LogP contribution is 2.49. The van der Waals surface area contributed by atoms with Crippen molar-refractivity contribution in [3.8, 4) is 0 Å². The van der Waals surface area contributed by atoms with Gasteiger partial charge in [0.2, 0.25) is 0 Å². The van der Waals surface area contributed by atoms with E-state index in [0.29, 0.717) is 12.8 Å². The van der Waals surface area contributed by atoms with E-state index >= 15 is 0 Å². The summed E-state index contributed by atoms with van der Waals surface area (Å²) in [5.41, 5.74) is 3.18. The molecule has 0 spiro atoms. The number of nitrogens with two attached hydrogens (primary N) is 1. The third-order valence-corrected chi connectivity index (χ3v) is 5.70. The summed E-state index contributed by atoms with van der Waals surface area (Å²) in [6, 6.07) is 1.49. The van der Waals surface area contributed by atoms with Crippen LogP contribution in [0.2, 0.25) is 0 Å². The molecule has 3 unspecified atom stereocenters. The third-order valence-electron chi connectivity index (χ3n) is 3.88. The van der Waals surface area contributed by atoms with E-state index in [1.807, 2.05) is 0 Å². The fraction of sp³-hybridized carbons (Fsp3) is 0.667. The Hall–Kier alpha value is -0.920. The molecule has 0 aromatic carbocycles. The molecule has 1 fully saturated rings. The Morgan fingerprint density at radius 2 is 2.36 bits per heavy atom. The van der Waals surface area contributed by atoms with E-state index in [9.17, 15) is 19.1 Å². The van der Waals surface area contributed by atoms with Crippen molar-refractivity contribution >= 4 is 25.0 Å². The number of ether oxygens (including phenoxy) is 1. The van der Waals surface area contributed by atoms with E-state index < -0.39 is 30.8 Å². The van der Waals surface area contributed by atoms with Crippen molar-refractivity contribution in [3.05, 3.63) is 22.7 Å². The highest BCUT2D eigenvalue weighted by atomic mass is 35.5. The summed E-state index contributed by atoms with van der Waals surface area (Å²) < 4.78 is 18.5. The van der Waals surface area contributed by atoms with Crippen molar-refractivity contribution in [3.63, 3.8) is 0 Å². The minimum atomic E-state index is -4.21. The van der Waals surface area contributed by atoms with Crippen LogP contribution in [0.25, 0.3) is 0 Å². The molecule has 1 aliphatic heterocycles. The summed E-state index contributed by atoms with van der Waals surface area (Å²) in [7, 11) is -4.21. The molecule has 1 saturated heterocycles. The molecule has 124 valence electrons. The Morgan fingerprint density at radius 3 is 2.91 bits per heavy atom. The molecule has 1 aromatic heterocycles. The van der Waals surface area contributed by atoms with E-state index in [-0.39, 0.29) is 18.1 Å². The molecule has 8 nitrogen and oxygen atoms in total. The predicted octanol–water partition coefficient (Wildman–Crippen LogP) is 1.07. The number of halogens is 1. The highest BCUT2D eigenvalue weighted by molar-refractivity contribution is 7.52. The molecule has 0 radical (unpaired) electrons. The quantitative estimate of drug-likeness (QED) is 0.534. The third kappa shape index (κ3) is 3.70. The molecule has 0 bridgehead atoms. The van der Waals surface area contributed by atoms with Gasteiger partial charge in [0.25, 0.3) is 0 Å². The van der Waals surface area contributed by atoms with Crippen LogP contribution in [0.4, 0.5) is 5.82 Å². The first-order valence-corrected chi connectivity index (χ1v) is 9.02. The molecule has 10 heteroatoms. The molecule has 4 N–H and O–H groups in total. The lowest BCUT2D eigenvalue weighted by Crippen LogP contribution is -2.36. The van der Waals surface area contributed by atoms with E-state index in [4.69, 9.17) is 22.1 Å². The van der Waals surface area contributed by atoms with Crippen LogP contribution in [0, 0.1) is 0 Å². The summed E-state index contributed by atoms with van der Waals surface area (Å²) in [5.74, 6) is 0.211. The fourth-order valence-electron chi connectivity index (χ4n) is 2.59. The minimum Gasteiger partial charge on any atom is -0.383 e. The first-order chi connectivity index (χ1) is 10.2. The van der Waals surface area contributed by atoms with Crippen LogP contribution >= 0.6 is 19.2 Å². The lowest BCUT2D eigenvalue weighted by molar-refractivity contribution is -0.0653. The Labute approximate surface area is 132 Å². The summed E-state index contributed by atoms with van der Waals surface area (Å²) in [5, 5.41) is 0. The zero-order valence-electron chi connectivity index (χ0n) is 12.1. The van der Waals surface area contributed by atoms with Crippen LogP contribution in [-0.2, 0) is 9.30 Å². The summed E-state index contributed by atoms with van der Waals surface area (Å²) in [6.07, 6.45) is 2.05. The molecule has 0 saturated carbocycles. The van der Waals surface area contributed by atoms with Crippen LogP contribution in [-0.4, -0.2) is 36.5 Å². The molecule has 0 aliphatic carbocycles. The van der Waals surface area contributed by atoms with Gasteiger partial charge in [-0.2, -0.15) is 4.98 Å². The van der Waals surface area contributed by atoms with Gasteiger partial charge in [0.15, 0.2) is 0 Å². The van der Waals surface area contributed by atoms with E-state index in [1.165, 1.54) is 23.8 Å². The molecule has 2 rings (SSSR count). The largest absolute Gasteiger partial charge is 0.383 e. The van der Waals surface area contributed by atoms with Gasteiger partial charge in [-0.3, -0.25) is 9.13 Å². The molecule has 3 atom stereocenters. The van der Waals surface area contributed by atoms with Crippen molar-refractivity contribution in [2.24, 2.45) is 0 Å². The summed E-state index contributed by atoms with van der Waals surface area (Å²) in [6.45, 7) is 1.46. The smallest absolute Gasteiger partial charge is 0.351 e. The first kappa shape index (κ1) is 17.4. The molecule has 1 aromatic rings. The monoisotopic (exact) mass is 351 g/mol. The van der Waals surface area contributed by atoms with Gasteiger partial charge in [-0.05, 0) is 25.3 Å². The standard InChI is InChI=1S/C12H19ClN3O5P/c1-8(22(18,19)20)6-12(7-13)4-2-10(21-12)16-5-3-9(14)15-11(16)17/h3,5,8,10H,2,4,6-7H2,1H3,(H2,14,15,17)(H2,18,19,20). The second-order valence-corrected chi connectivity index (χ2v) is 7.94. The number of rotatable bonds is 5. The fourth-order valence-corrected chi connectivity index (χ4v) is 3.47. The second kappa shape index (κ2) is 6.29. The first-order valence-electron chi connectivity index (χ1n) is 6.80. The highest BCUT2D eigenvalue weighted by Gasteiger charge is 2.44. The molecular weight excluding hydrogens is 333 g/mol. The van der Waals surface area contributed by atoms with E-state index in [2.05, 4.69) is 4.98 Å². The number of nitrogen functional groups attached to an aromatic ring is 1. The maximum Gasteiger partial charge on any atom is 0.351 e. The van der Waals surface area contributed by atoms with Gasteiger partial charge in [0, 0.05) is 6.20 Å². The maximum absolute atomic E-state index is 11.8. The SMILES string of the molecule is CC(CC1(CCl)CCC(n2ccc(N)nc2=O)O1)P(=O)(O)O. The van der Waals surface area contributed by atoms with E-state index in [0.717, 1.165) is 0 Å². The molecule has 0 amide bonds. The number of nitrogens with zero attached hydrogens (tertiary/aromatic N) is 2. The van der Waals surface area contributed by atoms with Gasteiger partial charge >= 0.3 is 13.3 Å². The van der Waals surface area contributed by atoms with Crippen LogP contribution in [0.5, 0.6) is 0 Å². The van der Waals surface area contributed by atoms with Crippen molar-refractivity contribution in [2.75, 3.05) is 11.6 Å². The van der Waals surface area contributed by atoms with Gasteiger partial charge < -0.3 is 20.3 Å². The van der Waals surface area contributed by atoms with Crippen LogP contribution in [0.1, 0.15) is 32.4 Å². The van der Waals surface area contributed by atoms with Crippen molar-refractivity contribution in [2.45, 2.75) is 43.7 Å². The Balaban J connectivity index is 2.18. The maximum atomic E-state index is 11.8. The van der Waals surface area contributed by atoms with Crippen LogP contribution < -0.4 is 11.4 Å². The van der Waals surface area contributed by atoms with Crippen molar-refractivity contribution in [1.29, 1.82) is 0 Å². The number of anilines is 1. The number of alkyl halides is 1. The Morgan fingerprint density at radius 1 is 1.68 bits per heavy atom. The van der Waals surface area contributed by atoms with Crippen molar-refractivity contribution < 1.29 is 19.1 Å². The molecular formula is C12H19ClN3O5P. The second-order valence-electron chi connectivity index (χ2n) is 5.61. The van der Waals surface area contributed by atoms with Gasteiger partial charge in [0.05, 0.1) is 17.1 Å². The van der Waals surface area contributed by atoms with Gasteiger partial charge in [-0.15, -0.1) is 11.6 Å². The lowest BCUT2D eigenvalue weighted by Gasteiger charge is -2.30. The van der Waals surface area contributed by atoms with Gasteiger partial charge in [-0.1, -0.05) is 6.92 Å².